The molecule has 3 nitrogen and oxygen atoms in total. The molecule has 0 amide bonds. The summed E-state index contributed by atoms with van der Waals surface area (Å²) in [7, 11) is 3.79. The van der Waals surface area contributed by atoms with E-state index in [0.717, 1.165) is 17.0 Å². The molecule has 0 bridgehead atoms. The molecule has 1 N–H and O–H groups in total. The van der Waals surface area contributed by atoms with E-state index in [2.05, 4.69) is 18.0 Å². The summed E-state index contributed by atoms with van der Waals surface area (Å²) in [6, 6.07) is 6.58. The van der Waals surface area contributed by atoms with E-state index in [4.69, 9.17) is 4.74 Å². The zero-order valence-electron chi connectivity index (χ0n) is 12.2. The van der Waals surface area contributed by atoms with Gasteiger partial charge in [-0.15, -0.1) is 0 Å². The normalized spacial score (nSPS) is 18.1. The Morgan fingerprint density at radius 1 is 1.26 bits per heavy atom. The van der Waals surface area contributed by atoms with E-state index >= 15 is 0 Å². The van der Waals surface area contributed by atoms with Gasteiger partial charge in [-0.05, 0) is 31.9 Å². The van der Waals surface area contributed by atoms with Crippen molar-refractivity contribution in [2.75, 3.05) is 19.1 Å². The number of anilines is 1. The number of aliphatic hydroxyl groups excluding tert-OH is 1. The molecule has 19 heavy (non-hydrogen) atoms. The maximum absolute atomic E-state index is 10.1. The van der Waals surface area contributed by atoms with Crippen molar-refractivity contribution in [3.8, 4) is 5.75 Å². The molecule has 0 unspecified atom stereocenters. The van der Waals surface area contributed by atoms with Crippen LogP contribution in [-0.4, -0.2) is 25.3 Å². The predicted molar refractivity (Wildman–Crippen MR) is 78.9 cm³/mol. The van der Waals surface area contributed by atoms with Crippen LogP contribution in [0.25, 0.3) is 0 Å². The lowest BCUT2D eigenvalue weighted by Crippen LogP contribution is -2.34. The molecule has 106 valence electrons. The van der Waals surface area contributed by atoms with Crippen LogP contribution in [0.4, 0.5) is 5.69 Å². The molecule has 0 heterocycles. The minimum atomic E-state index is -0.516. The van der Waals surface area contributed by atoms with Crippen molar-refractivity contribution in [1.82, 2.24) is 0 Å². The van der Waals surface area contributed by atoms with E-state index < -0.39 is 6.10 Å². The Balaban J connectivity index is 2.32. The van der Waals surface area contributed by atoms with E-state index in [9.17, 15) is 5.11 Å². The summed E-state index contributed by atoms with van der Waals surface area (Å²) in [4.78, 5) is 2.32. The first kappa shape index (κ1) is 14.2. The van der Waals surface area contributed by atoms with Crippen LogP contribution in [0.3, 0.4) is 0 Å². The Labute approximate surface area is 116 Å². The van der Waals surface area contributed by atoms with Gasteiger partial charge < -0.3 is 14.7 Å². The van der Waals surface area contributed by atoms with Crippen LogP contribution in [0.1, 0.15) is 50.7 Å². The molecule has 3 heteroatoms. The number of benzene rings is 1. The summed E-state index contributed by atoms with van der Waals surface area (Å²) in [6.07, 6.45) is 5.94. The van der Waals surface area contributed by atoms with Gasteiger partial charge in [-0.3, -0.25) is 0 Å². The van der Waals surface area contributed by atoms with Crippen molar-refractivity contribution in [3.63, 3.8) is 0 Å². The first-order valence-electron chi connectivity index (χ1n) is 7.23. The third-order valence-electron chi connectivity index (χ3n) is 4.18. The van der Waals surface area contributed by atoms with E-state index in [1.165, 1.54) is 32.1 Å². The molecule has 1 aliphatic rings. The van der Waals surface area contributed by atoms with Crippen molar-refractivity contribution in [2.45, 2.75) is 51.2 Å². The molecule has 1 saturated carbocycles. The number of hydrogen-bond donors (Lipinski definition) is 1. The monoisotopic (exact) mass is 263 g/mol. The third-order valence-corrected chi connectivity index (χ3v) is 4.18. The SMILES string of the molecule is COc1cccc(N(C)C2CCCCC2)c1[C@@H](C)O. The highest BCUT2D eigenvalue weighted by molar-refractivity contribution is 5.60. The Bertz CT molecular complexity index is 411. The van der Waals surface area contributed by atoms with Gasteiger partial charge in [0.05, 0.1) is 13.2 Å². The third kappa shape index (κ3) is 3.03. The molecular weight excluding hydrogens is 238 g/mol. The molecule has 1 aromatic rings. The molecule has 0 spiro atoms. The van der Waals surface area contributed by atoms with E-state index in [0.29, 0.717) is 6.04 Å². The Morgan fingerprint density at radius 2 is 1.95 bits per heavy atom. The van der Waals surface area contributed by atoms with E-state index in [-0.39, 0.29) is 0 Å². The summed E-state index contributed by atoms with van der Waals surface area (Å²) in [6.45, 7) is 1.80. The summed E-state index contributed by atoms with van der Waals surface area (Å²) in [5, 5.41) is 10.1. The van der Waals surface area contributed by atoms with Crippen LogP contribution in [-0.2, 0) is 0 Å². The van der Waals surface area contributed by atoms with Crippen LogP contribution in [0.2, 0.25) is 0 Å². The molecule has 1 aromatic carbocycles. The first-order chi connectivity index (χ1) is 9.15. The Morgan fingerprint density at radius 3 is 2.53 bits per heavy atom. The predicted octanol–water partition coefficient (Wildman–Crippen LogP) is 3.52. The van der Waals surface area contributed by atoms with E-state index in [1.807, 2.05) is 12.1 Å². The van der Waals surface area contributed by atoms with Gasteiger partial charge >= 0.3 is 0 Å². The van der Waals surface area contributed by atoms with Crippen molar-refractivity contribution >= 4 is 5.69 Å². The van der Waals surface area contributed by atoms with Crippen LogP contribution in [0.15, 0.2) is 18.2 Å². The Kier molecular flexibility index (Phi) is 4.70. The van der Waals surface area contributed by atoms with Gasteiger partial charge in [-0.2, -0.15) is 0 Å². The lowest BCUT2D eigenvalue weighted by atomic mass is 9.93. The maximum atomic E-state index is 10.1. The van der Waals surface area contributed by atoms with Gasteiger partial charge in [-0.1, -0.05) is 25.3 Å². The van der Waals surface area contributed by atoms with E-state index in [1.54, 1.807) is 14.0 Å². The quantitative estimate of drug-likeness (QED) is 0.902. The fraction of sp³-hybridized carbons (Fsp3) is 0.625. The molecule has 0 radical (unpaired) electrons. The maximum Gasteiger partial charge on any atom is 0.126 e. The van der Waals surface area contributed by atoms with Crippen molar-refractivity contribution in [1.29, 1.82) is 0 Å². The zero-order chi connectivity index (χ0) is 13.8. The van der Waals surface area contributed by atoms with Crippen molar-refractivity contribution in [2.24, 2.45) is 0 Å². The number of methoxy groups -OCH3 is 1. The smallest absolute Gasteiger partial charge is 0.126 e. The fourth-order valence-corrected chi connectivity index (χ4v) is 3.10. The van der Waals surface area contributed by atoms with Gasteiger partial charge in [0.1, 0.15) is 5.75 Å². The topological polar surface area (TPSA) is 32.7 Å². The number of rotatable bonds is 4. The molecule has 2 rings (SSSR count). The minimum Gasteiger partial charge on any atom is -0.496 e. The number of ether oxygens (including phenoxy) is 1. The second kappa shape index (κ2) is 6.29. The van der Waals surface area contributed by atoms with Gasteiger partial charge in [0.15, 0.2) is 0 Å². The van der Waals surface area contributed by atoms with Gasteiger partial charge in [-0.25, -0.2) is 0 Å². The first-order valence-corrected chi connectivity index (χ1v) is 7.23. The number of nitrogens with zero attached hydrogens (tertiary/aromatic N) is 1. The van der Waals surface area contributed by atoms with Crippen molar-refractivity contribution < 1.29 is 9.84 Å². The Hall–Kier alpha value is -1.22. The second-order valence-corrected chi connectivity index (χ2v) is 5.47. The largest absolute Gasteiger partial charge is 0.496 e. The zero-order valence-corrected chi connectivity index (χ0v) is 12.2. The van der Waals surface area contributed by atoms with Crippen LogP contribution >= 0.6 is 0 Å². The van der Waals surface area contributed by atoms with Gasteiger partial charge in [0.2, 0.25) is 0 Å². The average molecular weight is 263 g/mol. The fourth-order valence-electron chi connectivity index (χ4n) is 3.10. The van der Waals surface area contributed by atoms with Gasteiger partial charge in [0.25, 0.3) is 0 Å². The molecular formula is C16H25NO2. The lowest BCUT2D eigenvalue weighted by molar-refractivity contribution is 0.194. The molecule has 1 fully saturated rings. The summed E-state index contributed by atoms with van der Waals surface area (Å²) in [5.74, 6) is 0.773. The van der Waals surface area contributed by atoms with Crippen molar-refractivity contribution in [3.05, 3.63) is 23.8 Å². The minimum absolute atomic E-state index is 0.516. The number of aliphatic hydroxyl groups is 1. The molecule has 0 aromatic heterocycles. The summed E-state index contributed by atoms with van der Waals surface area (Å²) in [5.41, 5.74) is 2.00. The second-order valence-electron chi connectivity index (χ2n) is 5.47. The standard InChI is InChI=1S/C16H25NO2/c1-12(18)16-14(10-7-11-15(16)19-3)17(2)13-8-5-4-6-9-13/h7,10-13,18H,4-6,8-9H2,1-3H3/t12-/m1/s1. The highest BCUT2D eigenvalue weighted by atomic mass is 16.5. The lowest BCUT2D eigenvalue weighted by Gasteiger charge is -2.35. The van der Waals surface area contributed by atoms with Gasteiger partial charge in [0, 0.05) is 24.3 Å². The molecule has 1 aliphatic carbocycles. The molecule has 0 saturated heterocycles. The van der Waals surface area contributed by atoms with Crippen LogP contribution < -0.4 is 9.64 Å². The summed E-state index contributed by atoms with van der Waals surface area (Å²) >= 11 is 0. The average Bonchev–Trinajstić information content (AvgIpc) is 2.46. The summed E-state index contributed by atoms with van der Waals surface area (Å²) < 4.78 is 5.40. The highest BCUT2D eigenvalue weighted by Crippen LogP contribution is 2.36. The van der Waals surface area contributed by atoms with Crippen LogP contribution in [0, 0.1) is 0 Å². The highest BCUT2D eigenvalue weighted by Gasteiger charge is 2.23. The number of hydrogen-bond acceptors (Lipinski definition) is 3. The molecule has 0 aliphatic heterocycles. The molecule has 1 atom stereocenters. The van der Waals surface area contributed by atoms with Crippen LogP contribution in [0.5, 0.6) is 5.75 Å².